The van der Waals surface area contributed by atoms with E-state index in [1.54, 1.807) is 0 Å². The molecule has 1 heterocycles. The van der Waals surface area contributed by atoms with Crippen LogP contribution in [0.25, 0.3) is 0 Å². The van der Waals surface area contributed by atoms with Gasteiger partial charge in [0.2, 0.25) is 0 Å². The van der Waals surface area contributed by atoms with Crippen LogP contribution >= 0.6 is 0 Å². The second kappa shape index (κ2) is 9.47. The monoisotopic (exact) mass is 409 g/mol. The molecule has 1 fully saturated rings. The molecule has 0 saturated carbocycles. The lowest BCUT2D eigenvalue weighted by Gasteiger charge is -2.37. The number of alkyl halides is 3. The molecule has 12 heteroatoms. The van der Waals surface area contributed by atoms with Crippen molar-refractivity contribution in [3.63, 3.8) is 0 Å². The summed E-state index contributed by atoms with van der Waals surface area (Å²) < 4.78 is 51.6. The predicted molar refractivity (Wildman–Crippen MR) is 92.6 cm³/mol. The topological polar surface area (TPSA) is 118 Å². The van der Waals surface area contributed by atoms with E-state index in [0.717, 1.165) is 6.07 Å². The summed E-state index contributed by atoms with van der Waals surface area (Å²) in [5, 5.41) is 32.0. The molecule has 2 amide bonds. The Kier molecular flexibility index (Phi) is 7.55. The van der Waals surface area contributed by atoms with Gasteiger partial charge in [-0.1, -0.05) is 0 Å². The zero-order chi connectivity index (χ0) is 20.9. The summed E-state index contributed by atoms with van der Waals surface area (Å²) in [4.78, 5) is 12.1. The van der Waals surface area contributed by atoms with E-state index in [2.05, 4.69) is 26.6 Å². The lowest BCUT2D eigenvalue weighted by atomic mass is 10.1. The highest BCUT2D eigenvalue weighted by Crippen LogP contribution is 2.32. The summed E-state index contributed by atoms with van der Waals surface area (Å²) in [6.07, 6.45) is -6.19. The number of halogens is 4. The molecule has 0 bridgehead atoms. The standard InChI is InChI=1S/C16H23F4N5O3/c1-8-4-13(21-6-10(27)7-26)24-14(22-8)25-15(28)23-9-2-3-12(17)11(5-9)16(18,19)20/h2-3,5,8,10,13-14,21-22,24,26-27H,4,6-7H2,1H3,(H2,23,25,28). The fraction of sp³-hybridized carbons (Fsp3) is 0.562. The lowest BCUT2D eigenvalue weighted by Crippen LogP contribution is -2.68. The number of nitrogens with one attached hydrogen (secondary N) is 5. The van der Waals surface area contributed by atoms with Crippen molar-refractivity contribution < 1.29 is 32.6 Å². The van der Waals surface area contributed by atoms with Gasteiger partial charge in [0.1, 0.15) is 12.1 Å². The van der Waals surface area contributed by atoms with E-state index in [1.165, 1.54) is 0 Å². The molecule has 0 aromatic heterocycles. The number of hydrogen-bond donors (Lipinski definition) is 7. The van der Waals surface area contributed by atoms with Crippen LogP contribution in [0.4, 0.5) is 28.0 Å². The zero-order valence-electron chi connectivity index (χ0n) is 15.0. The Labute approximate surface area is 158 Å². The quantitative estimate of drug-likeness (QED) is 0.344. The minimum atomic E-state index is -4.88. The number of amides is 2. The molecule has 158 valence electrons. The van der Waals surface area contributed by atoms with Crippen LogP contribution in [0.1, 0.15) is 18.9 Å². The molecule has 1 aromatic rings. The van der Waals surface area contributed by atoms with E-state index in [1.807, 2.05) is 6.92 Å². The first-order chi connectivity index (χ1) is 13.1. The minimum Gasteiger partial charge on any atom is -0.394 e. The Balaban J connectivity index is 1.93. The number of rotatable bonds is 6. The van der Waals surface area contributed by atoms with E-state index < -0.39 is 42.6 Å². The summed E-state index contributed by atoms with van der Waals surface area (Å²) in [5.74, 6) is -1.43. The van der Waals surface area contributed by atoms with Crippen molar-refractivity contribution in [1.82, 2.24) is 21.3 Å². The third-order valence-corrected chi connectivity index (χ3v) is 4.02. The summed E-state index contributed by atoms with van der Waals surface area (Å²) in [5.41, 5.74) is -1.68. The highest BCUT2D eigenvalue weighted by molar-refractivity contribution is 5.89. The third kappa shape index (κ3) is 6.56. The summed E-state index contributed by atoms with van der Waals surface area (Å²) >= 11 is 0. The molecule has 0 radical (unpaired) electrons. The van der Waals surface area contributed by atoms with E-state index in [4.69, 9.17) is 5.11 Å². The van der Waals surface area contributed by atoms with Crippen molar-refractivity contribution in [3.05, 3.63) is 29.6 Å². The van der Waals surface area contributed by atoms with Crippen molar-refractivity contribution >= 4 is 11.7 Å². The molecule has 1 aliphatic heterocycles. The Bertz CT molecular complexity index is 676. The maximum atomic E-state index is 13.3. The molecule has 28 heavy (non-hydrogen) atoms. The van der Waals surface area contributed by atoms with Crippen LogP contribution in [0, 0.1) is 5.82 Å². The maximum absolute atomic E-state index is 13.3. The average Bonchev–Trinajstić information content (AvgIpc) is 2.59. The highest BCUT2D eigenvalue weighted by Gasteiger charge is 2.34. The van der Waals surface area contributed by atoms with Gasteiger partial charge in [-0.15, -0.1) is 0 Å². The van der Waals surface area contributed by atoms with Crippen molar-refractivity contribution in [2.75, 3.05) is 18.5 Å². The van der Waals surface area contributed by atoms with Gasteiger partial charge in [0.15, 0.2) is 0 Å². The Hall–Kier alpha value is -1.99. The molecular weight excluding hydrogens is 386 g/mol. The summed E-state index contributed by atoms with van der Waals surface area (Å²) in [6, 6.07) is 1.34. The first-order valence-electron chi connectivity index (χ1n) is 8.57. The van der Waals surface area contributed by atoms with Crippen LogP contribution in [0.5, 0.6) is 0 Å². The summed E-state index contributed by atoms with van der Waals surface area (Å²) in [7, 11) is 0. The van der Waals surface area contributed by atoms with Gasteiger partial charge in [-0.25, -0.2) is 9.18 Å². The van der Waals surface area contributed by atoms with Gasteiger partial charge < -0.3 is 20.8 Å². The number of aliphatic hydroxyl groups is 2. The number of anilines is 1. The Morgan fingerprint density at radius 2 is 2.07 bits per heavy atom. The van der Waals surface area contributed by atoms with Crippen LogP contribution < -0.4 is 26.6 Å². The number of carbonyl (C=O) groups excluding carboxylic acids is 1. The number of urea groups is 1. The molecule has 1 saturated heterocycles. The fourth-order valence-corrected chi connectivity index (χ4v) is 2.71. The van der Waals surface area contributed by atoms with E-state index in [9.17, 15) is 27.5 Å². The molecule has 4 unspecified atom stereocenters. The van der Waals surface area contributed by atoms with Gasteiger partial charge >= 0.3 is 12.2 Å². The van der Waals surface area contributed by atoms with Crippen LogP contribution in [0.15, 0.2) is 18.2 Å². The fourth-order valence-electron chi connectivity index (χ4n) is 2.71. The number of aliphatic hydroxyl groups excluding tert-OH is 2. The van der Waals surface area contributed by atoms with Crippen LogP contribution in [0.2, 0.25) is 0 Å². The van der Waals surface area contributed by atoms with Gasteiger partial charge in [-0.3, -0.25) is 16.0 Å². The van der Waals surface area contributed by atoms with Crippen LogP contribution in [-0.2, 0) is 6.18 Å². The predicted octanol–water partition coefficient (Wildman–Crippen LogP) is 0.490. The van der Waals surface area contributed by atoms with Crippen molar-refractivity contribution in [1.29, 1.82) is 0 Å². The Morgan fingerprint density at radius 1 is 1.36 bits per heavy atom. The molecule has 0 aliphatic carbocycles. The van der Waals surface area contributed by atoms with E-state index in [0.29, 0.717) is 18.6 Å². The molecule has 0 spiro atoms. The minimum absolute atomic E-state index is 0.0297. The van der Waals surface area contributed by atoms with Gasteiger partial charge in [0, 0.05) is 18.3 Å². The lowest BCUT2D eigenvalue weighted by molar-refractivity contribution is -0.139. The van der Waals surface area contributed by atoms with Crippen molar-refractivity contribution in [2.24, 2.45) is 0 Å². The molecule has 7 N–H and O–H groups in total. The smallest absolute Gasteiger partial charge is 0.394 e. The van der Waals surface area contributed by atoms with Crippen LogP contribution in [-0.4, -0.2) is 54.0 Å². The van der Waals surface area contributed by atoms with Crippen molar-refractivity contribution in [3.8, 4) is 0 Å². The molecule has 2 rings (SSSR count). The van der Waals surface area contributed by atoms with Crippen LogP contribution in [0.3, 0.4) is 0 Å². The third-order valence-electron chi connectivity index (χ3n) is 4.02. The van der Waals surface area contributed by atoms with Crippen molar-refractivity contribution in [2.45, 2.75) is 44.1 Å². The second-order valence-electron chi connectivity index (χ2n) is 6.49. The molecular formula is C16H23F4N5O3. The number of benzene rings is 1. The van der Waals surface area contributed by atoms with E-state index in [-0.39, 0.29) is 24.4 Å². The van der Waals surface area contributed by atoms with Gasteiger partial charge in [0.25, 0.3) is 0 Å². The number of carbonyl (C=O) groups is 1. The first-order valence-corrected chi connectivity index (χ1v) is 8.57. The first kappa shape index (κ1) is 22.3. The molecule has 1 aromatic carbocycles. The van der Waals surface area contributed by atoms with E-state index >= 15 is 0 Å². The van der Waals surface area contributed by atoms with Gasteiger partial charge in [-0.2, -0.15) is 13.2 Å². The highest BCUT2D eigenvalue weighted by atomic mass is 19.4. The normalized spacial score (nSPS) is 23.9. The second-order valence-corrected chi connectivity index (χ2v) is 6.49. The molecule has 4 atom stereocenters. The summed E-state index contributed by atoms with van der Waals surface area (Å²) in [6.45, 7) is 1.60. The largest absolute Gasteiger partial charge is 0.419 e. The van der Waals surface area contributed by atoms with Gasteiger partial charge in [0.05, 0.1) is 24.4 Å². The maximum Gasteiger partial charge on any atom is 0.419 e. The number of hydrogen-bond acceptors (Lipinski definition) is 6. The SMILES string of the molecule is CC1CC(NCC(O)CO)NC(NC(=O)Nc2ccc(F)c(C(F)(F)F)c2)N1. The Morgan fingerprint density at radius 3 is 2.71 bits per heavy atom. The average molecular weight is 409 g/mol. The van der Waals surface area contributed by atoms with Gasteiger partial charge in [-0.05, 0) is 31.5 Å². The zero-order valence-corrected chi connectivity index (χ0v) is 15.0. The molecule has 1 aliphatic rings. The molecule has 8 nitrogen and oxygen atoms in total.